The lowest BCUT2D eigenvalue weighted by atomic mass is 10.2. The molecule has 1 fully saturated rings. The Labute approximate surface area is 116 Å². The second-order valence-corrected chi connectivity index (χ2v) is 5.06. The third kappa shape index (κ3) is 2.49. The molecule has 1 saturated carbocycles. The highest BCUT2D eigenvalue weighted by atomic mass is 35.5. The minimum absolute atomic E-state index is 0.145. The largest absolute Gasteiger partial charge is 0.495 e. The van der Waals surface area contributed by atoms with Gasteiger partial charge in [0.15, 0.2) is 0 Å². The fourth-order valence-corrected chi connectivity index (χ4v) is 2.23. The molecule has 0 bridgehead atoms. The van der Waals surface area contributed by atoms with Crippen LogP contribution in [-0.4, -0.2) is 18.9 Å². The molecule has 0 aromatic heterocycles. The van der Waals surface area contributed by atoms with E-state index in [4.69, 9.17) is 16.3 Å². The van der Waals surface area contributed by atoms with Crippen molar-refractivity contribution < 1.29 is 9.53 Å². The van der Waals surface area contributed by atoms with Crippen LogP contribution < -0.4 is 10.1 Å². The van der Waals surface area contributed by atoms with Gasteiger partial charge in [-0.1, -0.05) is 17.7 Å². The summed E-state index contributed by atoms with van der Waals surface area (Å²) in [5.74, 6) is 1.71. The van der Waals surface area contributed by atoms with Gasteiger partial charge < -0.3 is 10.1 Å². The molecule has 5 heteroatoms. The molecule has 0 radical (unpaired) electrons. The van der Waals surface area contributed by atoms with Gasteiger partial charge in [0.25, 0.3) is 5.91 Å². The Bertz CT molecular complexity index is 603. The van der Waals surface area contributed by atoms with Gasteiger partial charge in [0.2, 0.25) is 0 Å². The first kappa shape index (κ1) is 12.2. The van der Waals surface area contributed by atoms with Crippen LogP contribution in [-0.2, 0) is 4.79 Å². The summed E-state index contributed by atoms with van der Waals surface area (Å²) in [6.07, 6.45) is 3.96. The van der Waals surface area contributed by atoms with Gasteiger partial charge in [0.05, 0.1) is 12.1 Å². The molecule has 2 aliphatic rings. The topological polar surface area (TPSA) is 50.7 Å². The molecular formula is C14H13ClN2O2. The minimum atomic E-state index is -0.145. The van der Waals surface area contributed by atoms with Gasteiger partial charge in [0.1, 0.15) is 17.3 Å². The fraction of sp³-hybridized carbons (Fsp3) is 0.286. The summed E-state index contributed by atoms with van der Waals surface area (Å²) in [7, 11) is 1.57. The van der Waals surface area contributed by atoms with Crippen molar-refractivity contribution >= 4 is 29.4 Å². The Kier molecular flexibility index (Phi) is 3.03. The molecule has 1 aromatic rings. The number of rotatable bonds is 3. The number of benzene rings is 1. The van der Waals surface area contributed by atoms with Crippen molar-refractivity contribution in [3.63, 3.8) is 0 Å². The molecular weight excluding hydrogens is 264 g/mol. The number of hydrogen-bond acceptors (Lipinski definition) is 3. The summed E-state index contributed by atoms with van der Waals surface area (Å²) in [6.45, 7) is 0. The third-order valence-electron chi connectivity index (χ3n) is 3.16. The van der Waals surface area contributed by atoms with E-state index in [-0.39, 0.29) is 5.91 Å². The van der Waals surface area contributed by atoms with Crippen molar-refractivity contribution in [1.29, 1.82) is 0 Å². The van der Waals surface area contributed by atoms with E-state index in [9.17, 15) is 4.79 Å². The highest BCUT2D eigenvalue weighted by Gasteiger charge is 2.33. The third-order valence-corrected chi connectivity index (χ3v) is 3.45. The molecule has 1 aliphatic heterocycles. The number of nitrogens with one attached hydrogen (secondary N) is 1. The predicted octanol–water partition coefficient (Wildman–Crippen LogP) is 2.63. The van der Waals surface area contributed by atoms with Crippen molar-refractivity contribution in [2.75, 3.05) is 7.11 Å². The molecule has 0 unspecified atom stereocenters. The van der Waals surface area contributed by atoms with E-state index in [0.717, 1.165) is 24.2 Å². The van der Waals surface area contributed by atoms with E-state index < -0.39 is 0 Å². The van der Waals surface area contributed by atoms with Gasteiger partial charge in [-0.05, 0) is 36.6 Å². The first-order valence-electron chi connectivity index (χ1n) is 6.12. The van der Waals surface area contributed by atoms with Crippen LogP contribution in [0.4, 0.5) is 0 Å². The number of ether oxygens (including phenoxy) is 1. The highest BCUT2D eigenvalue weighted by molar-refractivity contribution is 6.32. The van der Waals surface area contributed by atoms with Crippen LogP contribution in [0.2, 0.25) is 5.02 Å². The van der Waals surface area contributed by atoms with Crippen molar-refractivity contribution in [3.05, 3.63) is 34.5 Å². The number of methoxy groups -OCH3 is 1. The number of aliphatic imine (C=N–C) groups is 1. The average molecular weight is 277 g/mol. The summed E-state index contributed by atoms with van der Waals surface area (Å²) >= 11 is 6.05. The van der Waals surface area contributed by atoms with Gasteiger partial charge in [0, 0.05) is 5.92 Å². The molecule has 19 heavy (non-hydrogen) atoms. The van der Waals surface area contributed by atoms with Gasteiger partial charge in [-0.2, -0.15) is 0 Å². The van der Waals surface area contributed by atoms with Crippen LogP contribution in [0.25, 0.3) is 6.08 Å². The van der Waals surface area contributed by atoms with E-state index >= 15 is 0 Å². The fourth-order valence-electron chi connectivity index (χ4n) is 1.97. The highest BCUT2D eigenvalue weighted by Crippen LogP contribution is 2.32. The zero-order valence-corrected chi connectivity index (χ0v) is 11.2. The molecule has 4 nitrogen and oxygen atoms in total. The van der Waals surface area contributed by atoms with Crippen LogP contribution in [0, 0.1) is 5.92 Å². The minimum Gasteiger partial charge on any atom is -0.495 e. The maximum absolute atomic E-state index is 11.8. The molecule has 0 atom stereocenters. The SMILES string of the molecule is COc1ccc(/C=C2/N=C(C3CC3)NC2=O)cc1Cl. The maximum atomic E-state index is 11.8. The Morgan fingerprint density at radius 2 is 2.26 bits per heavy atom. The lowest BCUT2D eigenvalue weighted by molar-refractivity contribution is -0.115. The van der Waals surface area contributed by atoms with Crippen molar-refractivity contribution in [1.82, 2.24) is 5.32 Å². The van der Waals surface area contributed by atoms with E-state index in [0.29, 0.717) is 22.4 Å². The van der Waals surface area contributed by atoms with E-state index in [1.165, 1.54) is 0 Å². The smallest absolute Gasteiger partial charge is 0.275 e. The Morgan fingerprint density at radius 1 is 1.47 bits per heavy atom. The Balaban J connectivity index is 1.88. The summed E-state index contributed by atoms with van der Waals surface area (Å²) in [4.78, 5) is 16.1. The van der Waals surface area contributed by atoms with E-state index in [1.54, 1.807) is 25.3 Å². The normalized spacial score (nSPS) is 20.4. The average Bonchev–Trinajstić information content (AvgIpc) is 3.16. The summed E-state index contributed by atoms with van der Waals surface area (Å²) in [5.41, 5.74) is 1.26. The lowest BCUT2D eigenvalue weighted by Crippen LogP contribution is -2.25. The number of halogens is 1. The van der Waals surface area contributed by atoms with E-state index in [2.05, 4.69) is 10.3 Å². The number of nitrogens with zero attached hydrogens (tertiary/aromatic N) is 1. The Hall–Kier alpha value is -1.81. The van der Waals surface area contributed by atoms with Crippen molar-refractivity contribution in [3.8, 4) is 5.75 Å². The zero-order chi connectivity index (χ0) is 13.4. The second kappa shape index (κ2) is 4.70. The van der Waals surface area contributed by atoms with Crippen molar-refractivity contribution in [2.24, 2.45) is 10.9 Å². The summed E-state index contributed by atoms with van der Waals surface area (Å²) in [5, 5.41) is 3.32. The van der Waals surface area contributed by atoms with Crippen molar-refractivity contribution in [2.45, 2.75) is 12.8 Å². The first-order valence-corrected chi connectivity index (χ1v) is 6.50. The molecule has 1 N–H and O–H groups in total. The first-order chi connectivity index (χ1) is 9.17. The van der Waals surface area contributed by atoms with Gasteiger partial charge in [-0.3, -0.25) is 4.79 Å². The number of amides is 1. The molecule has 1 heterocycles. The van der Waals surface area contributed by atoms with Crippen LogP contribution in [0.5, 0.6) is 5.75 Å². The molecule has 1 aliphatic carbocycles. The Morgan fingerprint density at radius 3 is 2.89 bits per heavy atom. The van der Waals surface area contributed by atoms with Crippen LogP contribution >= 0.6 is 11.6 Å². The molecule has 0 spiro atoms. The molecule has 3 rings (SSSR count). The monoisotopic (exact) mass is 276 g/mol. The van der Waals surface area contributed by atoms with Crippen LogP contribution in [0.1, 0.15) is 18.4 Å². The summed E-state index contributed by atoms with van der Waals surface area (Å²) < 4.78 is 5.09. The van der Waals surface area contributed by atoms with Gasteiger partial charge >= 0.3 is 0 Å². The van der Waals surface area contributed by atoms with Gasteiger partial charge in [-0.25, -0.2) is 4.99 Å². The lowest BCUT2D eigenvalue weighted by Gasteiger charge is -2.03. The van der Waals surface area contributed by atoms with E-state index in [1.807, 2.05) is 6.07 Å². The standard InChI is InChI=1S/C14H13ClN2O2/c1-19-12-5-2-8(6-10(12)15)7-11-14(18)17-13(16-11)9-3-4-9/h2,5-7,9H,3-4H2,1H3,(H,16,17,18)/b11-7+. The van der Waals surface area contributed by atoms with Gasteiger partial charge in [-0.15, -0.1) is 0 Å². The second-order valence-electron chi connectivity index (χ2n) is 4.65. The molecule has 1 amide bonds. The molecule has 1 aromatic carbocycles. The number of carbonyl (C=O) groups excluding carboxylic acids is 1. The predicted molar refractivity (Wildman–Crippen MR) is 74.3 cm³/mol. The van der Waals surface area contributed by atoms with Crippen LogP contribution in [0.15, 0.2) is 28.9 Å². The summed E-state index contributed by atoms with van der Waals surface area (Å²) in [6, 6.07) is 5.37. The maximum Gasteiger partial charge on any atom is 0.275 e. The molecule has 0 saturated heterocycles. The number of carbonyl (C=O) groups is 1. The quantitative estimate of drug-likeness (QED) is 0.863. The molecule has 98 valence electrons. The number of hydrogen-bond donors (Lipinski definition) is 1. The zero-order valence-electron chi connectivity index (χ0n) is 10.4. The van der Waals surface area contributed by atoms with Crippen LogP contribution in [0.3, 0.4) is 0 Å². The number of amidine groups is 1.